The van der Waals surface area contributed by atoms with E-state index in [1.165, 1.54) is 11.5 Å². The fraction of sp³-hybridized carbons (Fsp3) is 0.500. The molecule has 5 atom stereocenters. The van der Waals surface area contributed by atoms with Gasteiger partial charge in [-0.15, -0.1) is 0 Å². The summed E-state index contributed by atoms with van der Waals surface area (Å²) in [6.45, 7) is 2.52. The lowest BCUT2D eigenvalue weighted by molar-refractivity contribution is -0.216. The average molecular weight is 352 g/mol. The first-order valence-corrected chi connectivity index (χ1v) is 7.84. The topological polar surface area (TPSA) is 134 Å². The monoisotopic (exact) mass is 352 g/mol. The van der Waals surface area contributed by atoms with E-state index in [2.05, 4.69) is 5.32 Å². The van der Waals surface area contributed by atoms with Gasteiger partial charge in [-0.2, -0.15) is 0 Å². The lowest BCUT2D eigenvalue weighted by atomic mass is 9.95. The smallest absolute Gasteiger partial charge is 0.408 e. The fourth-order valence-corrected chi connectivity index (χ4v) is 3.09. The van der Waals surface area contributed by atoms with E-state index < -0.39 is 48.9 Å². The van der Waals surface area contributed by atoms with Crippen LogP contribution in [0.1, 0.15) is 18.7 Å². The molecule has 1 fully saturated rings. The molecule has 5 unspecified atom stereocenters. The number of carbonyl (C=O) groups excluding carboxylic acids is 1. The molecule has 1 aliphatic rings. The third kappa shape index (κ3) is 3.07. The number of nitrogens with one attached hydrogen (secondary N) is 1. The van der Waals surface area contributed by atoms with Crippen molar-refractivity contribution >= 4 is 17.0 Å². The largest absolute Gasteiger partial charge is 0.422 e. The Kier molecular flexibility index (Phi) is 4.65. The minimum Gasteiger partial charge on any atom is -0.408 e. The maximum absolute atomic E-state index is 12.4. The van der Waals surface area contributed by atoms with Crippen LogP contribution in [-0.4, -0.2) is 56.8 Å². The zero-order valence-electron chi connectivity index (χ0n) is 13.7. The van der Waals surface area contributed by atoms with E-state index in [0.717, 1.165) is 5.56 Å². The van der Waals surface area contributed by atoms with E-state index in [4.69, 9.17) is 9.15 Å². The van der Waals surface area contributed by atoms with E-state index >= 15 is 0 Å². The van der Waals surface area contributed by atoms with Crippen molar-refractivity contribution in [3.63, 3.8) is 0 Å². The van der Waals surface area contributed by atoms with Gasteiger partial charge in [-0.1, -0.05) is 6.07 Å². The van der Waals surface area contributed by atoms with Crippen LogP contribution in [0.3, 0.4) is 0 Å². The zero-order valence-corrected chi connectivity index (χ0v) is 13.7. The first-order chi connectivity index (χ1) is 11.8. The number of oxazole rings is 1. The normalized spacial score (nSPS) is 29.7. The Balaban J connectivity index is 2.14. The van der Waals surface area contributed by atoms with Gasteiger partial charge in [0.2, 0.25) is 5.91 Å². The minimum atomic E-state index is -1.44. The van der Waals surface area contributed by atoms with Crippen molar-refractivity contribution in [1.82, 2.24) is 9.88 Å². The van der Waals surface area contributed by atoms with Crippen molar-refractivity contribution in [1.29, 1.82) is 0 Å². The van der Waals surface area contributed by atoms with Crippen molar-refractivity contribution in [3.05, 3.63) is 34.3 Å². The maximum Gasteiger partial charge on any atom is 0.422 e. The third-order valence-electron chi connectivity index (χ3n) is 4.29. The van der Waals surface area contributed by atoms with E-state index in [-0.39, 0.29) is 0 Å². The predicted molar refractivity (Wildman–Crippen MR) is 85.8 cm³/mol. The van der Waals surface area contributed by atoms with E-state index in [1.807, 2.05) is 6.92 Å². The van der Waals surface area contributed by atoms with Crippen LogP contribution in [0.25, 0.3) is 11.1 Å². The molecule has 3 rings (SSSR count). The molecule has 9 heteroatoms. The lowest BCUT2D eigenvalue weighted by Gasteiger charge is -2.42. The van der Waals surface area contributed by atoms with Gasteiger partial charge in [0, 0.05) is 6.92 Å². The van der Waals surface area contributed by atoms with Gasteiger partial charge in [0.25, 0.3) is 0 Å². The SMILES string of the molecule is CC(=O)NC1C(O)C(O)C(CO)OC1n1c(=O)oc2ccc(C)cc21. The second-order valence-electron chi connectivity index (χ2n) is 6.16. The number of aryl methyl sites for hydroxylation is 1. The number of fused-ring (bicyclic) bond motifs is 1. The number of aromatic nitrogens is 1. The molecule has 9 nitrogen and oxygen atoms in total. The second kappa shape index (κ2) is 6.60. The Labute approximate surface area is 142 Å². The highest BCUT2D eigenvalue weighted by molar-refractivity contribution is 5.75. The van der Waals surface area contributed by atoms with Gasteiger partial charge in [-0.05, 0) is 24.6 Å². The molecule has 1 amide bonds. The molecular formula is C16H20N2O7. The van der Waals surface area contributed by atoms with Crippen molar-refractivity contribution in [3.8, 4) is 0 Å². The highest BCUT2D eigenvalue weighted by Crippen LogP contribution is 2.30. The molecule has 1 saturated heterocycles. The Morgan fingerprint density at radius 3 is 2.68 bits per heavy atom. The second-order valence-corrected chi connectivity index (χ2v) is 6.16. The molecule has 0 aliphatic carbocycles. The van der Waals surface area contributed by atoms with E-state index in [0.29, 0.717) is 11.1 Å². The molecule has 0 spiro atoms. The summed E-state index contributed by atoms with van der Waals surface area (Å²) in [6.07, 6.45) is -5.14. The number of aliphatic hydroxyl groups is 3. The number of amides is 1. The first kappa shape index (κ1) is 17.6. The summed E-state index contributed by atoms with van der Waals surface area (Å²) in [5.74, 6) is -1.20. The molecular weight excluding hydrogens is 332 g/mol. The standard InChI is InChI=1S/C16H20N2O7/c1-7-3-4-10-9(5-7)18(16(23)25-10)15-12(17-8(2)20)14(22)13(21)11(6-19)24-15/h3-5,11-15,19,21-22H,6H2,1-2H3,(H,17,20). The van der Waals surface area contributed by atoms with Crippen LogP contribution in [0.5, 0.6) is 0 Å². The molecule has 4 N–H and O–H groups in total. The number of carbonyl (C=O) groups is 1. The highest BCUT2D eigenvalue weighted by Gasteiger charge is 2.46. The summed E-state index contributed by atoms with van der Waals surface area (Å²) < 4.78 is 12.0. The van der Waals surface area contributed by atoms with Gasteiger partial charge in [0.1, 0.15) is 24.4 Å². The molecule has 2 aromatic rings. The van der Waals surface area contributed by atoms with Crippen LogP contribution in [0.2, 0.25) is 0 Å². The Morgan fingerprint density at radius 2 is 2.04 bits per heavy atom. The summed E-state index contributed by atoms with van der Waals surface area (Å²) in [7, 11) is 0. The summed E-state index contributed by atoms with van der Waals surface area (Å²) in [5.41, 5.74) is 1.61. The minimum absolute atomic E-state index is 0.321. The quantitative estimate of drug-likeness (QED) is 0.558. The number of hydrogen-bond donors (Lipinski definition) is 4. The molecule has 0 saturated carbocycles. The maximum atomic E-state index is 12.4. The van der Waals surface area contributed by atoms with Crippen molar-refractivity contribution < 1.29 is 29.3 Å². The number of aliphatic hydroxyl groups excluding tert-OH is 3. The number of rotatable bonds is 3. The Morgan fingerprint density at radius 1 is 1.32 bits per heavy atom. The van der Waals surface area contributed by atoms with Crippen LogP contribution in [0.4, 0.5) is 0 Å². The van der Waals surface area contributed by atoms with Crippen molar-refractivity contribution in [2.24, 2.45) is 0 Å². The number of benzene rings is 1. The van der Waals surface area contributed by atoms with Gasteiger partial charge in [0.05, 0.1) is 12.1 Å². The summed E-state index contributed by atoms with van der Waals surface area (Å²) in [6, 6.07) is 4.01. The van der Waals surface area contributed by atoms with Crippen molar-refractivity contribution in [2.45, 2.75) is 44.4 Å². The molecule has 2 heterocycles. The summed E-state index contributed by atoms with van der Waals surface area (Å²) in [5, 5.41) is 32.3. The van der Waals surface area contributed by atoms with Gasteiger partial charge in [0.15, 0.2) is 11.8 Å². The molecule has 0 bridgehead atoms. The number of nitrogens with zero attached hydrogens (tertiary/aromatic N) is 1. The van der Waals surface area contributed by atoms with Gasteiger partial charge in [-0.3, -0.25) is 4.79 Å². The van der Waals surface area contributed by atoms with Crippen LogP contribution in [-0.2, 0) is 9.53 Å². The van der Waals surface area contributed by atoms with Gasteiger partial charge >= 0.3 is 5.76 Å². The van der Waals surface area contributed by atoms with Gasteiger partial charge in [-0.25, -0.2) is 9.36 Å². The summed E-state index contributed by atoms with van der Waals surface area (Å²) >= 11 is 0. The molecule has 1 aliphatic heterocycles. The van der Waals surface area contributed by atoms with Crippen LogP contribution >= 0.6 is 0 Å². The number of hydrogen-bond acceptors (Lipinski definition) is 7. The zero-order chi connectivity index (χ0) is 18.3. The van der Waals surface area contributed by atoms with E-state index in [1.54, 1.807) is 18.2 Å². The molecule has 1 aromatic carbocycles. The third-order valence-corrected chi connectivity index (χ3v) is 4.29. The molecule has 136 valence electrons. The average Bonchev–Trinajstić information content (AvgIpc) is 2.87. The summed E-state index contributed by atoms with van der Waals surface area (Å²) in [4.78, 5) is 23.9. The fourth-order valence-electron chi connectivity index (χ4n) is 3.09. The predicted octanol–water partition coefficient (Wildman–Crippen LogP) is -0.981. The Hall–Kier alpha value is -2.20. The molecule has 0 radical (unpaired) electrons. The lowest BCUT2D eigenvalue weighted by Crippen LogP contribution is -2.62. The molecule has 1 aromatic heterocycles. The Bertz CT molecular complexity index is 843. The van der Waals surface area contributed by atoms with Crippen molar-refractivity contribution in [2.75, 3.05) is 6.61 Å². The van der Waals surface area contributed by atoms with Crippen LogP contribution in [0.15, 0.2) is 27.4 Å². The van der Waals surface area contributed by atoms with E-state index in [9.17, 15) is 24.9 Å². The van der Waals surface area contributed by atoms with Crippen LogP contribution < -0.4 is 11.1 Å². The number of ether oxygens (including phenoxy) is 1. The molecule has 25 heavy (non-hydrogen) atoms. The highest BCUT2D eigenvalue weighted by atomic mass is 16.5. The first-order valence-electron chi connectivity index (χ1n) is 7.84. The van der Waals surface area contributed by atoms with Gasteiger partial charge < -0.3 is 29.8 Å². The van der Waals surface area contributed by atoms with Crippen LogP contribution in [0, 0.1) is 6.92 Å².